The zero-order valence-electron chi connectivity index (χ0n) is 13.4. The molecule has 1 aliphatic heterocycles. The SMILES string of the molecule is CC1(c2cc(Cl)cs2)CC(c2cc(Cl)cs2)=C(C#N)C(=C(C#N)C#N)N1. The van der Waals surface area contributed by atoms with Crippen molar-refractivity contribution in [3.63, 3.8) is 0 Å². The zero-order valence-corrected chi connectivity index (χ0v) is 16.6. The minimum atomic E-state index is -0.613. The zero-order chi connectivity index (χ0) is 18.9. The molecular formula is C18H10Cl2N4S2. The predicted molar refractivity (Wildman–Crippen MR) is 105 cm³/mol. The lowest BCUT2D eigenvalue weighted by Gasteiger charge is -2.37. The lowest BCUT2D eigenvalue weighted by Crippen LogP contribution is -2.42. The fourth-order valence-electron chi connectivity index (χ4n) is 2.86. The van der Waals surface area contributed by atoms with Gasteiger partial charge < -0.3 is 5.32 Å². The van der Waals surface area contributed by atoms with Gasteiger partial charge in [0.15, 0.2) is 5.57 Å². The molecule has 1 aliphatic rings. The highest BCUT2D eigenvalue weighted by molar-refractivity contribution is 7.11. The van der Waals surface area contributed by atoms with Crippen LogP contribution in [0.4, 0.5) is 0 Å². The van der Waals surface area contributed by atoms with Crippen LogP contribution in [0.5, 0.6) is 0 Å². The average Bonchev–Trinajstić information content (AvgIpc) is 3.24. The Bertz CT molecular complexity index is 1060. The number of rotatable bonds is 2. The first-order valence-corrected chi connectivity index (χ1v) is 9.88. The molecule has 0 bridgehead atoms. The van der Waals surface area contributed by atoms with E-state index in [-0.39, 0.29) is 11.3 Å². The average molecular weight is 417 g/mol. The molecule has 2 aromatic heterocycles. The molecule has 0 aromatic carbocycles. The van der Waals surface area contributed by atoms with E-state index >= 15 is 0 Å². The third-order valence-electron chi connectivity index (χ3n) is 4.04. The van der Waals surface area contributed by atoms with Gasteiger partial charge in [-0.3, -0.25) is 0 Å². The minimum Gasteiger partial charge on any atom is -0.372 e. The molecule has 0 saturated heterocycles. The predicted octanol–water partition coefficient (Wildman–Crippen LogP) is 5.60. The van der Waals surface area contributed by atoms with Gasteiger partial charge in [-0.1, -0.05) is 23.2 Å². The lowest BCUT2D eigenvalue weighted by atomic mass is 9.82. The normalized spacial score (nSPS) is 19.3. The van der Waals surface area contributed by atoms with E-state index in [0.29, 0.717) is 22.0 Å². The molecule has 0 fully saturated rings. The summed E-state index contributed by atoms with van der Waals surface area (Å²) in [4.78, 5) is 1.79. The van der Waals surface area contributed by atoms with Crippen molar-refractivity contribution < 1.29 is 0 Å². The third-order valence-corrected chi connectivity index (χ3v) is 6.92. The fourth-order valence-corrected chi connectivity index (χ4v) is 5.18. The van der Waals surface area contributed by atoms with E-state index in [1.807, 2.05) is 30.5 Å². The maximum Gasteiger partial charge on any atom is 0.154 e. The summed E-state index contributed by atoms with van der Waals surface area (Å²) in [7, 11) is 0. The van der Waals surface area contributed by atoms with Crippen LogP contribution >= 0.6 is 45.9 Å². The Hall–Kier alpha value is -2.27. The van der Waals surface area contributed by atoms with Crippen molar-refractivity contribution in [3.8, 4) is 18.2 Å². The van der Waals surface area contributed by atoms with E-state index in [2.05, 4.69) is 11.4 Å². The van der Waals surface area contributed by atoms with Crippen molar-refractivity contribution in [1.82, 2.24) is 5.32 Å². The molecule has 2 aromatic rings. The number of nitrogens with one attached hydrogen (secondary N) is 1. The van der Waals surface area contributed by atoms with E-state index in [9.17, 15) is 15.8 Å². The van der Waals surface area contributed by atoms with Crippen molar-refractivity contribution in [2.24, 2.45) is 0 Å². The van der Waals surface area contributed by atoms with E-state index in [1.54, 1.807) is 11.4 Å². The number of thiophene rings is 2. The van der Waals surface area contributed by atoms with E-state index in [4.69, 9.17) is 23.2 Å². The number of nitriles is 3. The van der Waals surface area contributed by atoms with E-state index in [0.717, 1.165) is 15.3 Å². The first kappa shape index (κ1) is 18.5. The maximum absolute atomic E-state index is 9.74. The maximum atomic E-state index is 9.74. The molecule has 1 atom stereocenters. The Morgan fingerprint density at radius 3 is 2.27 bits per heavy atom. The highest BCUT2D eigenvalue weighted by Gasteiger charge is 2.38. The van der Waals surface area contributed by atoms with Crippen LogP contribution in [-0.2, 0) is 5.54 Å². The van der Waals surface area contributed by atoms with Crippen molar-refractivity contribution >= 4 is 51.4 Å². The quantitative estimate of drug-likeness (QED) is 0.645. The molecule has 0 amide bonds. The summed E-state index contributed by atoms with van der Waals surface area (Å²) in [6, 6.07) is 9.57. The molecule has 0 aliphatic carbocycles. The van der Waals surface area contributed by atoms with Crippen molar-refractivity contribution in [1.29, 1.82) is 15.8 Å². The molecule has 3 heterocycles. The molecule has 1 unspecified atom stereocenters. The molecule has 0 radical (unpaired) electrons. The highest BCUT2D eigenvalue weighted by atomic mass is 35.5. The van der Waals surface area contributed by atoms with Crippen molar-refractivity contribution in [2.45, 2.75) is 18.9 Å². The Morgan fingerprint density at radius 1 is 1.12 bits per heavy atom. The van der Waals surface area contributed by atoms with Gasteiger partial charge in [-0.2, -0.15) is 15.8 Å². The summed E-state index contributed by atoms with van der Waals surface area (Å²) in [5.74, 6) is 0. The Kier molecular flexibility index (Phi) is 5.10. The van der Waals surface area contributed by atoms with Crippen molar-refractivity contribution in [2.75, 3.05) is 0 Å². The minimum absolute atomic E-state index is 0.129. The molecule has 4 nitrogen and oxygen atoms in total. The molecule has 1 N–H and O–H groups in total. The summed E-state index contributed by atoms with van der Waals surface area (Å²) in [5, 5.41) is 36.5. The number of allylic oxidation sites excluding steroid dienone is 2. The van der Waals surface area contributed by atoms with Crippen LogP contribution in [0.15, 0.2) is 39.7 Å². The van der Waals surface area contributed by atoms with Gasteiger partial charge in [0.25, 0.3) is 0 Å². The van der Waals surface area contributed by atoms with Crippen LogP contribution in [0.25, 0.3) is 5.57 Å². The second-order valence-electron chi connectivity index (χ2n) is 5.83. The second-order valence-corrected chi connectivity index (χ2v) is 8.53. The first-order valence-electron chi connectivity index (χ1n) is 7.37. The molecule has 0 saturated carbocycles. The molecular weight excluding hydrogens is 407 g/mol. The number of nitrogens with zero attached hydrogens (tertiary/aromatic N) is 3. The van der Waals surface area contributed by atoms with Gasteiger partial charge in [0.05, 0.1) is 26.9 Å². The van der Waals surface area contributed by atoms with Crippen molar-refractivity contribution in [3.05, 3.63) is 59.5 Å². The number of hydrogen-bond acceptors (Lipinski definition) is 6. The summed E-state index contributed by atoms with van der Waals surface area (Å²) >= 11 is 15.1. The second kappa shape index (κ2) is 7.16. The van der Waals surface area contributed by atoms with Crippen LogP contribution in [-0.4, -0.2) is 0 Å². The lowest BCUT2D eigenvalue weighted by molar-refractivity contribution is 0.415. The van der Waals surface area contributed by atoms with Crippen LogP contribution in [0.3, 0.4) is 0 Å². The van der Waals surface area contributed by atoms with Gasteiger partial charge >= 0.3 is 0 Å². The van der Waals surface area contributed by atoms with Gasteiger partial charge in [-0.05, 0) is 24.6 Å². The standard InChI is InChI=1S/C18H10Cl2N4S2/c1-18(16-3-12(20)9-26-16)4-13(15-2-11(19)8-25-15)14(7-23)17(24-18)10(5-21)6-22/h2-3,8-9,24H,4H2,1H3. The molecule has 3 rings (SSSR count). The largest absolute Gasteiger partial charge is 0.372 e. The number of hydrogen-bond donors (Lipinski definition) is 1. The Morgan fingerprint density at radius 2 is 1.77 bits per heavy atom. The Balaban J connectivity index is 2.28. The summed E-state index contributed by atoms with van der Waals surface area (Å²) in [6.45, 7) is 1.96. The number of halogens is 2. The third kappa shape index (κ3) is 3.23. The Labute approximate surface area is 168 Å². The van der Waals surface area contributed by atoms with Gasteiger partial charge in [-0.15, -0.1) is 22.7 Å². The topological polar surface area (TPSA) is 83.4 Å². The summed E-state index contributed by atoms with van der Waals surface area (Å²) < 4.78 is 0. The monoisotopic (exact) mass is 416 g/mol. The van der Waals surface area contributed by atoms with Crippen LogP contribution in [0.1, 0.15) is 23.1 Å². The molecule has 0 spiro atoms. The van der Waals surface area contributed by atoms with Gasteiger partial charge in [-0.25, -0.2) is 0 Å². The molecule has 128 valence electrons. The molecule has 26 heavy (non-hydrogen) atoms. The summed E-state index contributed by atoms with van der Waals surface area (Å²) in [5.41, 5.74) is 0.554. The molecule has 8 heteroatoms. The smallest absolute Gasteiger partial charge is 0.154 e. The van der Waals surface area contributed by atoms with Gasteiger partial charge in [0.2, 0.25) is 0 Å². The van der Waals surface area contributed by atoms with Gasteiger partial charge in [0.1, 0.15) is 18.2 Å². The van der Waals surface area contributed by atoms with Crippen LogP contribution in [0.2, 0.25) is 10.0 Å². The fraction of sp³-hybridized carbons (Fsp3) is 0.167. The van der Waals surface area contributed by atoms with Crippen LogP contribution < -0.4 is 5.32 Å². The van der Waals surface area contributed by atoms with Crippen LogP contribution in [0, 0.1) is 34.0 Å². The first-order chi connectivity index (χ1) is 12.4. The van der Waals surface area contributed by atoms with Gasteiger partial charge in [0, 0.05) is 26.9 Å². The van der Waals surface area contributed by atoms with E-state index in [1.165, 1.54) is 22.7 Å². The summed E-state index contributed by atoms with van der Waals surface area (Å²) in [6.07, 6.45) is 0.497. The van der Waals surface area contributed by atoms with E-state index < -0.39 is 5.54 Å². The highest BCUT2D eigenvalue weighted by Crippen LogP contribution is 2.45.